The van der Waals surface area contributed by atoms with E-state index in [1.807, 2.05) is 11.9 Å². The van der Waals surface area contributed by atoms with Crippen LogP contribution in [0, 0.1) is 0 Å². The van der Waals surface area contributed by atoms with E-state index in [0.717, 1.165) is 24.6 Å². The van der Waals surface area contributed by atoms with Crippen LogP contribution >= 0.6 is 11.8 Å². The lowest BCUT2D eigenvalue weighted by Crippen LogP contribution is -2.37. The molecule has 24 heavy (non-hydrogen) atoms. The van der Waals surface area contributed by atoms with Gasteiger partial charge in [0.25, 0.3) is 0 Å². The molecule has 3 aliphatic rings. The fraction of sp³-hybridized carbons (Fsp3) is 1.00. The molecule has 0 atom stereocenters. The van der Waals surface area contributed by atoms with Crippen molar-refractivity contribution in [2.75, 3.05) is 94.9 Å². The average Bonchev–Trinajstić information content (AvgIpc) is 2.55. The van der Waals surface area contributed by atoms with Gasteiger partial charge in [-0.2, -0.15) is 11.8 Å². The standard InChI is InChI=1S/C5H11NO2S.C5H11NOS.C5H11NS/c1-6-2-4-9(7,8)5-3-6;1-6-2-4-8(7)5-3-6;1-6-2-4-7-5-3-6/h2-5H2,1H3;2-5H2,1H3;2-5H2,1H3. The Hall–Kier alpha value is 0.330. The molecule has 0 radical (unpaired) electrons. The summed E-state index contributed by atoms with van der Waals surface area (Å²) in [5.41, 5.74) is 0. The molecule has 3 rings (SSSR count). The minimum Gasteiger partial charge on any atom is -0.305 e. The molecular weight excluding hydrogens is 366 g/mol. The van der Waals surface area contributed by atoms with Crippen molar-refractivity contribution in [3.8, 4) is 0 Å². The third-order valence-corrected chi connectivity index (χ3v) is 8.03. The number of nitrogens with zero attached hydrogens (tertiary/aromatic N) is 3. The summed E-state index contributed by atoms with van der Waals surface area (Å²) in [4.78, 5) is 6.61. The van der Waals surface area contributed by atoms with Gasteiger partial charge in [-0.25, -0.2) is 8.42 Å². The molecule has 0 N–H and O–H groups in total. The fourth-order valence-electron chi connectivity index (χ4n) is 2.19. The molecule has 0 aromatic heterocycles. The van der Waals surface area contributed by atoms with Crippen LogP contribution in [0.15, 0.2) is 0 Å². The van der Waals surface area contributed by atoms with Gasteiger partial charge in [-0.15, -0.1) is 0 Å². The molecule has 3 fully saturated rings. The first kappa shape index (κ1) is 22.4. The zero-order valence-electron chi connectivity index (χ0n) is 15.3. The van der Waals surface area contributed by atoms with Gasteiger partial charge in [0.05, 0.1) is 11.5 Å². The third-order valence-electron chi connectivity index (χ3n) is 4.20. The number of thioether (sulfide) groups is 1. The Morgan fingerprint density at radius 1 is 0.750 bits per heavy atom. The van der Waals surface area contributed by atoms with Crippen molar-refractivity contribution >= 4 is 32.4 Å². The van der Waals surface area contributed by atoms with E-state index in [4.69, 9.17) is 0 Å². The summed E-state index contributed by atoms with van der Waals surface area (Å²) in [6, 6.07) is 0. The van der Waals surface area contributed by atoms with Crippen molar-refractivity contribution in [1.29, 1.82) is 0 Å². The first-order chi connectivity index (χ1) is 11.3. The Kier molecular flexibility index (Phi) is 11.0. The van der Waals surface area contributed by atoms with Gasteiger partial charge >= 0.3 is 0 Å². The molecule has 0 aromatic carbocycles. The first-order valence-electron chi connectivity index (χ1n) is 8.47. The highest BCUT2D eigenvalue weighted by Crippen LogP contribution is 2.05. The Morgan fingerprint density at radius 3 is 1.50 bits per heavy atom. The van der Waals surface area contributed by atoms with E-state index >= 15 is 0 Å². The summed E-state index contributed by atoms with van der Waals surface area (Å²) in [5, 5.41) is 0. The molecule has 0 unspecified atom stereocenters. The van der Waals surface area contributed by atoms with Gasteiger partial charge in [-0.05, 0) is 21.1 Å². The highest BCUT2D eigenvalue weighted by atomic mass is 32.2. The Balaban J connectivity index is 0.000000181. The van der Waals surface area contributed by atoms with Crippen LogP contribution in [0.25, 0.3) is 0 Å². The molecule has 3 heterocycles. The lowest BCUT2D eigenvalue weighted by molar-refractivity contribution is 0.360. The van der Waals surface area contributed by atoms with Crippen LogP contribution in [0.2, 0.25) is 0 Å². The zero-order valence-corrected chi connectivity index (χ0v) is 17.7. The maximum atomic E-state index is 10.8. The fourth-order valence-corrected chi connectivity index (χ4v) is 5.89. The van der Waals surface area contributed by atoms with Crippen LogP contribution in [-0.4, -0.2) is 122 Å². The second-order valence-electron chi connectivity index (χ2n) is 6.52. The summed E-state index contributed by atoms with van der Waals surface area (Å²) in [7, 11) is 3.03. The van der Waals surface area contributed by atoms with Gasteiger partial charge in [0, 0.05) is 73.1 Å². The van der Waals surface area contributed by atoms with E-state index in [-0.39, 0.29) is 0 Å². The SMILES string of the molecule is CN1CCS(=O)(=O)CC1.CN1CCS(=O)CC1.CN1CCSCC1. The van der Waals surface area contributed by atoms with Crippen LogP contribution in [0.5, 0.6) is 0 Å². The molecule has 0 aliphatic carbocycles. The molecule has 3 saturated heterocycles. The normalized spacial score (nSPS) is 26.6. The molecule has 0 saturated carbocycles. The smallest absolute Gasteiger partial charge is 0.152 e. The van der Waals surface area contributed by atoms with Crippen molar-refractivity contribution in [2.24, 2.45) is 0 Å². The number of rotatable bonds is 0. The largest absolute Gasteiger partial charge is 0.305 e. The highest BCUT2D eigenvalue weighted by molar-refractivity contribution is 7.99. The number of sulfone groups is 1. The molecule has 0 aromatic rings. The molecule has 3 aliphatic heterocycles. The maximum Gasteiger partial charge on any atom is 0.152 e. The van der Waals surface area contributed by atoms with Gasteiger partial charge in [-0.3, -0.25) is 4.21 Å². The summed E-state index contributed by atoms with van der Waals surface area (Å²) in [5.74, 6) is 5.08. The van der Waals surface area contributed by atoms with Gasteiger partial charge in [0.1, 0.15) is 0 Å². The van der Waals surface area contributed by atoms with Gasteiger partial charge in [0.15, 0.2) is 9.84 Å². The van der Waals surface area contributed by atoms with E-state index < -0.39 is 20.6 Å². The minimum absolute atomic E-state index is 0.337. The van der Waals surface area contributed by atoms with Gasteiger partial charge in [-0.1, -0.05) is 0 Å². The van der Waals surface area contributed by atoms with Crippen molar-refractivity contribution in [3.05, 3.63) is 0 Å². The lowest BCUT2D eigenvalue weighted by Gasteiger charge is -2.21. The van der Waals surface area contributed by atoms with Crippen molar-refractivity contribution in [1.82, 2.24) is 14.7 Å². The molecule has 144 valence electrons. The first-order valence-corrected chi connectivity index (χ1v) is 12.9. The van der Waals surface area contributed by atoms with E-state index in [0.29, 0.717) is 24.6 Å². The van der Waals surface area contributed by atoms with Crippen LogP contribution in [0.3, 0.4) is 0 Å². The van der Waals surface area contributed by atoms with Crippen LogP contribution < -0.4 is 0 Å². The average molecular weight is 400 g/mol. The van der Waals surface area contributed by atoms with Crippen molar-refractivity contribution in [3.63, 3.8) is 0 Å². The molecule has 0 amide bonds. The molecule has 0 bridgehead atoms. The molecule has 0 spiro atoms. The predicted molar refractivity (Wildman–Crippen MR) is 106 cm³/mol. The summed E-state index contributed by atoms with van der Waals surface area (Å²) < 4.78 is 32.2. The van der Waals surface area contributed by atoms with E-state index in [1.54, 1.807) is 0 Å². The maximum absolute atomic E-state index is 10.8. The van der Waals surface area contributed by atoms with E-state index in [2.05, 4.69) is 35.7 Å². The van der Waals surface area contributed by atoms with Crippen molar-refractivity contribution in [2.45, 2.75) is 0 Å². The van der Waals surface area contributed by atoms with Crippen LogP contribution in [-0.2, 0) is 20.6 Å². The zero-order chi connectivity index (χ0) is 18.0. The Morgan fingerprint density at radius 2 is 1.17 bits per heavy atom. The monoisotopic (exact) mass is 399 g/mol. The number of hydrogen-bond acceptors (Lipinski definition) is 7. The highest BCUT2D eigenvalue weighted by Gasteiger charge is 2.18. The Labute approximate surface area is 154 Å². The van der Waals surface area contributed by atoms with E-state index in [9.17, 15) is 12.6 Å². The second kappa shape index (κ2) is 11.9. The lowest BCUT2D eigenvalue weighted by atomic mass is 10.6. The third kappa shape index (κ3) is 11.0. The Bertz CT molecular complexity index is 444. The number of hydrogen-bond donors (Lipinski definition) is 0. The summed E-state index contributed by atoms with van der Waals surface area (Å²) in [6.45, 7) is 5.97. The predicted octanol–water partition coefficient (Wildman–Crippen LogP) is -0.308. The topological polar surface area (TPSA) is 60.9 Å². The van der Waals surface area contributed by atoms with Crippen molar-refractivity contribution < 1.29 is 12.6 Å². The quantitative estimate of drug-likeness (QED) is 0.554. The summed E-state index contributed by atoms with van der Waals surface area (Å²) >= 11 is 2.06. The second-order valence-corrected chi connectivity index (χ2v) is 11.7. The van der Waals surface area contributed by atoms with E-state index in [1.165, 1.54) is 24.6 Å². The minimum atomic E-state index is -2.66. The summed E-state index contributed by atoms with van der Waals surface area (Å²) in [6.07, 6.45) is 0. The van der Waals surface area contributed by atoms with Crippen LogP contribution in [0.1, 0.15) is 0 Å². The molecule has 6 nitrogen and oxygen atoms in total. The molecule has 9 heteroatoms. The van der Waals surface area contributed by atoms with Gasteiger partial charge < -0.3 is 14.7 Å². The van der Waals surface area contributed by atoms with Gasteiger partial charge in [0.2, 0.25) is 0 Å². The van der Waals surface area contributed by atoms with Crippen LogP contribution in [0.4, 0.5) is 0 Å². The molecular formula is C15H33N3O3S3.